The summed E-state index contributed by atoms with van der Waals surface area (Å²) in [7, 11) is 3.24. The Balaban J connectivity index is 3.02. The first-order chi connectivity index (χ1) is 6.56. The van der Waals surface area contributed by atoms with Crippen molar-refractivity contribution in [2.75, 3.05) is 19.1 Å². The quantitative estimate of drug-likeness (QED) is 0.776. The van der Waals surface area contributed by atoms with Crippen LogP contribution in [0, 0.1) is 6.92 Å². The molecule has 0 heterocycles. The zero-order valence-electron chi connectivity index (χ0n) is 8.57. The highest BCUT2D eigenvalue weighted by Gasteiger charge is 2.07. The number of primary amides is 1. The molecule has 0 spiro atoms. The average Bonchev–Trinajstić information content (AvgIpc) is 2.16. The van der Waals surface area contributed by atoms with Gasteiger partial charge in [-0.3, -0.25) is 4.90 Å². The van der Waals surface area contributed by atoms with Crippen molar-refractivity contribution in [2.45, 2.75) is 6.92 Å². The lowest BCUT2D eigenvalue weighted by Crippen LogP contribution is -2.31. The monoisotopic (exact) mass is 194 g/mol. The Morgan fingerprint density at radius 3 is 2.57 bits per heavy atom. The average molecular weight is 194 g/mol. The van der Waals surface area contributed by atoms with Gasteiger partial charge in [0.1, 0.15) is 5.75 Å². The maximum atomic E-state index is 10.9. The van der Waals surface area contributed by atoms with Crippen molar-refractivity contribution in [1.29, 1.82) is 0 Å². The number of hydrogen-bond donors (Lipinski definition) is 1. The molecule has 0 saturated carbocycles. The Morgan fingerprint density at radius 1 is 1.50 bits per heavy atom. The molecule has 0 aliphatic carbocycles. The molecule has 14 heavy (non-hydrogen) atoms. The van der Waals surface area contributed by atoms with Crippen LogP contribution in [0.3, 0.4) is 0 Å². The number of carbonyl (C=O) groups is 1. The molecule has 0 radical (unpaired) electrons. The lowest BCUT2D eigenvalue weighted by Gasteiger charge is -2.15. The molecule has 1 aromatic carbocycles. The minimum atomic E-state index is -0.477. The predicted octanol–water partition coefficient (Wildman–Crippen LogP) is 1.52. The van der Waals surface area contributed by atoms with Gasteiger partial charge in [-0.15, -0.1) is 0 Å². The van der Waals surface area contributed by atoms with E-state index in [1.54, 1.807) is 20.2 Å². The summed E-state index contributed by atoms with van der Waals surface area (Å²) in [5, 5.41) is 0. The van der Waals surface area contributed by atoms with Crippen LogP contribution in [0.2, 0.25) is 0 Å². The summed E-state index contributed by atoms with van der Waals surface area (Å²) >= 11 is 0. The number of methoxy groups -OCH3 is 1. The molecular weight excluding hydrogens is 180 g/mol. The van der Waals surface area contributed by atoms with Gasteiger partial charge in [-0.2, -0.15) is 0 Å². The van der Waals surface area contributed by atoms with E-state index in [1.807, 2.05) is 19.1 Å². The number of carbonyl (C=O) groups excluding carboxylic acids is 1. The van der Waals surface area contributed by atoms with Gasteiger partial charge in [-0.25, -0.2) is 4.79 Å². The smallest absolute Gasteiger partial charge is 0.318 e. The molecule has 1 aromatic rings. The van der Waals surface area contributed by atoms with E-state index in [2.05, 4.69) is 0 Å². The van der Waals surface area contributed by atoms with E-state index in [4.69, 9.17) is 10.5 Å². The van der Waals surface area contributed by atoms with Gasteiger partial charge in [-0.1, -0.05) is 0 Å². The first-order valence-electron chi connectivity index (χ1n) is 4.24. The number of hydrogen-bond acceptors (Lipinski definition) is 2. The Labute approximate surface area is 83.3 Å². The molecular formula is C10H14N2O2. The molecule has 0 fully saturated rings. The van der Waals surface area contributed by atoms with Crippen LogP contribution in [0.5, 0.6) is 5.75 Å². The molecule has 4 heteroatoms. The van der Waals surface area contributed by atoms with Crippen molar-refractivity contribution in [3.8, 4) is 5.75 Å². The number of anilines is 1. The lowest BCUT2D eigenvalue weighted by molar-refractivity contribution is 0.255. The molecule has 76 valence electrons. The predicted molar refractivity (Wildman–Crippen MR) is 55.7 cm³/mol. The normalized spacial score (nSPS) is 9.64. The number of nitrogens with zero attached hydrogens (tertiary/aromatic N) is 1. The topological polar surface area (TPSA) is 55.6 Å². The summed E-state index contributed by atoms with van der Waals surface area (Å²) in [6.45, 7) is 1.91. The highest BCUT2D eigenvalue weighted by atomic mass is 16.5. The van der Waals surface area contributed by atoms with E-state index >= 15 is 0 Å². The Morgan fingerprint density at radius 2 is 2.14 bits per heavy atom. The van der Waals surface area contributed by atoms with E-state index < -0.39 is 6.03 Å². The minimum Gasteiger partial charge on any atom is -0.496 e. The van der Waals surface area contributed by atoms with E-state index in [0.29, 0.717) is 0 Å². The second-order valence-corrected chi connectivity index (χ2v) is 3.05. The Kier molecular flexibility index (Phi) is 2.96. The molecule has 0 unspecified atom stereocenters. The van der Waals surface area contributed by atoms with Crippen LogP contribution in [-0.2, 0) is 0 Å². The number of nitrogens with two attached hydrogens (primary N) is 1. The second-order valence-electron chi connectivity index (χ2n) is 3.05. The molecule has 0 aliphatic heterocycles. The first-order valence-corrected chi connectivity index (χ1v) is 4.24. The van der Waals surface area contributed by atoms with Gasteiger partial charge in [0, 0.05) is 12.7 Å². The summed E-state index contributed by atoms with van der Waals surface area (Å²) in [6.07, 6.45) is 0. The highest BCUT2D eigenvalue weighted by Crippen LogP contribution is 2.23. The maximum Gasteiger partial charge on any atom is 0.318 e. The van der Waals surface area contributed by atoms with E-state index in [-0.39, 0.29) is 0 Å². The van der Waals surface area contributed by atoms with Crippen LogP contribution < -0.4 is 15.4 Å². The number of urea groups is 1. The van der Waals surface area contributed by atoms with Crippen LogP contribution >= 0.6 is 0 Å². The fourth-order valence-electron chi connectivity index (χ4n) is 1.20. The van der Waals surface area contributed by atoms with Crippen LogP contribution in [0.1, 0.15) is 5.56 Å². The zero-order chi connectivity index (χ0) is 10.7. The van der Waals surface area contributed by atoms with Crippen molar-refractivity contribution in [3.05, 3.63) is 23.8 Å². The summed E-state index contributed by atoms with van der Waals surface area (Å²) in [6, 6.07) is 4.97. The SMILES string of the molecule is COc1ccc(N(C)C(N)=O)cc1C. The standard InChI is InChI=1S/C10H14N2O2/c1-7-6-8(12(2)10(11)13)4-5-9(7)14-3/h4-6H,1-3H3,(H2,11,13). The maximum absolute atomic E-state index is 10.9. The summed E-state index contributed by atoms with van der Waals surface area (Å²) in [5.74, 6) is 0.798. The second kappa shape index (κ2) is 4.00. The third kappa shape index (κ3) is 1.96. The molecule has 1 rings (SSSR count). The van der Waals surface area contributed by atoms with Crippen LogP contribution in [-0.4, -0.2) is 20.2 Å². The van der Waals surface area contributed by atoms with Crippen molar-refractivity contribution in [1.82, 2.24) is 0 Å². The summed E-state index contributed by atoms with van der Waals surface area (Å²) < 4.78 is 5.11. The zero-order valence-corrected chi connectivity index (χ0v) is 8.57. The van der Waals surface area contributed by atoms with Crippen molar-refractivity contribution >= 4 is 11.7 Å². The molecule has 2 N–H and O–H groups in total. The van der Waals surface area contributed by atoms with Crippen LogP contribution in [0.4, 0.5) is 10.5 Å². The fraction of sp³-hybridized carbons (Fsp3) is 0.300. The number of amides is 2. The van der Waals surface area contributed by atoms with Gasteiger partial charge in [-0.05, 0) is 30.7 Å². The number of aryl methyl sites for hydroxylation is 1. The van der Waals surface area contributed by atoms with Gasteiger partial charge in [0.2, 0.25) is 0 Å². The summed E-state index contributed by atoms with van der Waals surface area (Å²) in [4.78, 5) is 12.3. The van der Waals surface area contributed by atoms with Gasteiger partial charge in [0.25, 0.3) is 0 Å². The van der Waals surface area contributed by atoms with Gasteiger partial charge < -0.3 is 10.5 Å². The van der Waals surface area contributed by atoms with Crippen LogP contribution in [0.15, 0.2) is 18.2 Å². The molecule has 0 atom stereocenters. The lowest BCUT2D eigenvalue weighted by atomic mass is 10.2. The van der Waals surface area contributed by atoms with Crippen molar-refractivity contribution < 1.29 is 9.53 Å². The molecule has 0 saturated heterocycles. The van der Waals surface area contributed by atoms with Gasteiger partial charge in [0.15, 0.2) is 0 Å². The van der Waals surface area contributed by atoms with Gasteiger partial charge in [0.05, 0.1) is 7.11 Å². The van der Waals surface area contributed by atoms with Crippen molar-refractivity contribution in [2.24, 2.45) is 5.73 Å². The fourth-order valence-corrected chi connectivity index (χ4v) is 1.20. The highest BCUT2D eigenvalue weighted by molar-refractivity contribution is 5.90. The number of ether oxygens (including phenoxy) is 1. The molecule has 4 nitrogen and oxygen atoms in total. The number of benzene rings is 1. The third-order valence-electron chi connectivity index (χ3n) is 2.10. The third-order valence-corrected chi connectivity index (χ3v) is 2.10. The molecule has 0 aromatic heterocycles. The van der Waals surface area contributed by atoms with E-state index in [1.165, 1.54) is 4.90 Å². The van der Waals surface area contributed by atoms with Crippen molar-refractivity contribution in [3.63, 3.8) is 0 Å². The van der Waals surface area contributed by atoms with E-state index in [9.17, 15) is 4.79 Å². The largest absolute Gasteiger partial charge is 0.496 e. The minimum absolute atomic E-state index is 0.477. The molecule has 0 bridgehead atoms. The number of rotatable bonds is 2. The first kappa shape index (κ1) is 10.4. The Bertz CT molecular complexity index is 350. The molecule has 2 amide bonds. The molecule has 0 aliphatic rings. The summed E-state index contributed by atoms with van der Waals surface area (Å²) in [5.41, 5.74) is 6.87. The van der Waals surface area contributed by atoms with E-state index in [0.717, 1.165) is 17.0 Å². The Hall–Kier alpha value is -1.71. The van der Waals surface area contributed by atoms with Gasteiger partial charge >= 0.3 is 6.03 Å². The van der Waals surface area contributed by atoms with Crippen LogP contribution in [0.25, 0.3) is 0 Å².